The average Bonchev–Trinajstić information content (AvgIpc) is 2.39. The zero-order valence-electron chi connectivity index (χ0n) is 11.5. The van der Waals surface area contributed by atoms with Gasteiger partial charge in [0.25, 0.3) is 0 Å². The van der Waals surface area contributed by atoms with Gasteiger partial charge in [-0.2, -0.15) is 0 Å². The Labute approximate surface area is 106 Å². The summed E-state index contributed by atoms with van der Waals surface area (Å²) in [6.45, 7) is 6.28. The van der Waals surface area contributed by atoms with Crippen molar-refractivity contribution in [1.29, 1.82) is 0 Å². The van der Waals surface area contributed by atoms with Crippen LogP contribution >= 0.6 is 0 Å². The molecule has 1 N–H and O–H groups in total. The molecule has 1 aliphatic rings. The molecule has 0 saturated heterocycles. The Morgan fingerprint density at radius 1 is 1.41 bits per heavy atom. The second kappa shape index (κ2) is 8.54. The van der Waals surface area contributed by atoms with E-state index >= 15 is 0 Å². The first-order valence-electron chi connectivity index (χ1n) is 6.90. The van der Waals surface area contributed by atoms with E-state index in [1.807, 2.05) is 13.4 Å². The van der Waals surface area contributed by atoms with Gasteiger partial charge in [-0.1, -0.05) is 20.3 Å². The smallest absolute Gasteiger partial charge is 0.0876 e. The highest BCUT2D eigenvalue weighted by atomic mass is 16.5. The van der Waals surface area contributed by atoms with Crippen LogP contribution in [0, 0.1) is 0 Å². The standard InChI is InChI=1S/C14H27NO2/c1-4-7-13(16-3)14(15-9-5-2)12-8-6-10-17-11-12/h11,13-15H,4-10H2,1-3H3. The fourth-order valence-corrected chi connectivity index (χ4v) is 2.32. The predicted octanol–water partition coefficient (Wildman–Crippen LogP) is 2.86. The highest BCUT2D eigenvalue weighted by Crippen LogP contribution is 2.21. The Hall–Kier alpha value is -0.540. The Morgan fingerprint density at radius 2 is 2.24 bits per heavy atom. The van der Waals surface area contributed by atoms with E-state index in [-0.39, 0.29) is 6.10 Å². The van der Waals surface area contributed by atoms with Crippen LogP contribution in [0.15, 0.2) is 11.8 Å². The molecule has 2 atom stereocenters. The van der Waals surface area contributed by atoms with Crippen molar-refractivity contribution >= 4 is 0 Å². The van der Waals surface area contributed by atoms with Gasteiger partial charge in [-0.15, -0.1) is 0 Å². The van der Waals surface area contributed by atoms with E-state index in [2.05, 4.69) is 19.2 Å². The van der Waals surface area contributed by atoms with Crippen LogP contribution in [0.3, 0.4) is 0 Å². The van der Waals surface area contributed by atoms with E-state index in [1.54, 1.807) is 0 Å². The number of rotatable bonds is 8. The molecular formula is C14H27NO2. The lowest BCUT2D eigenvalue weighted by Gasteiger charge is -2.30. The van der Waals surface area contributed by atoms with Gasteiger partial charge in [-0.05, 0) is 37.8 Å². The van der Waals surface area contributed by atoms with Crippen LogP contribution < -0.4 is 5.32 Å². The Bertz CT molecular complexity index is 228. The lowest BCUT2D eigenvalue weighted by atomic mass is 9.94. The molecule has 1 rings (SSSR count). The summed E-state index contributed by atoms with van der Waals surface area (Å²) in [5, 5.41) is 3.60. The van der Waals surface area contributed by atoms with Crippen LogP contribution in [0.2, 0.25) is 0 Å². The Balaban J connectivity index is 2.65. The van der Waals surface area contributed by atoms with Gasteiger partial charge in [0.2, 0.25) is 0 Å². The number of hydrogen-bond acceptors (Lipinski definition) is 3. The molecule has 1 heterocycles. The summed E-state index contributed by atoms with van der Waals surface area (Å²) >= 11 is 0. The van der Waals surface area contributed by atoms with Gasteiger partial charge in [-0.25, -0.2) is 0 Å². The summed E-state index contributed by atoms with van der Waals surface area (Å²) in [5.74, 6) is 0. The van der Waals surface area contributed by atoms with Crippen molar-refractivity contribution in [2.24, 2.45) is 0 Å². The zero-order valence-corrected chi connectivity index (χ0v) is 11.5. The zero-order chi connectivity index (χ0) is 12.5. The van der Waals surface area contributed by atoms with Gasteiger partial charge in [-0.3, -0.25) is 0 Å². The molecule has 0 aromatic rings. The van der Waals surface area contributed by atoms with Gasteiger partial charge in [0.05, 0.1) is 25.0 Å². The van der Waals surface area contributed by atoms with Crippen molar-refractivity contribution in [3.8, 4) is 0 Å². The second-order valence-electron chi connectivity index (χ2n) is 4.66. The quantitative estimate of drug-likeness (QED) is 0.709. The molecule has 1 aliphatic heterocycles. The summed E-state index contributed by atoms with van der Waals surface area (Å²) in [6.07, 6.45) is 7.85. The van der Waals surface area contributed by atoms with Crippen LogP contribution in [-0.2, 0) is 9.47 Å². The van der Waals surface area contributed by atoms with Crippen LogP contribution in [0.5, 0.6) is 0 Å². The third-order valence-electron chi connectivity index (χ3n) is 3.22. The number of ether oxygens (including phenoxy) is 2. The topological polar surface area (TPSA) is 30.5 Å². The third-order valence-corrected chi connectivity index (χ3v) is 3.22. The molecule has 0 bridgehead atoms. The predicted molar refractivity (Wildman–Crippen MR) is 71.1 cm³/mol. The maximum atomic E-state index is 5.64. The lowest BCUT2D eigenvalue weighted by Crippen LogP contribution is -2.43. The van der Waals surface area contributed by atoms with Crippen molar-refractivity contribution in [3.05, 3.63) is 11.8 Å². The number of hydrogen-bond donors (Lipinski definition) is 1. The summed E-state index contributed by atoms with van der Waals surface area (Å²) in [6, 6.07) is 0.320. The molecule has 3 nitrogen and oxygen atoms in total. The minimum Gasteiger partial charge on any atom is -0.501 e. The first-order valence-corrected chi connectivity index (χ1v) is 6.90. The van der Waals surface area contributed by atoms with Crippen molar-refractivity contribution < 1.29 is 9.47 Å². The number of nitrogens with one attached hydrogen (secondary N) is 1. The van der Waals surface area contributed by atoms with Crippen LogP contribution in [0.1, 0.15) is 46.0 Å². The second-order valence-corrected chi connectivity index (χ2v) is 4.66. The molecule has 100 valence electrons. The molecule has 0 aromatic heterocycles. The van der Waals surface area contributed by atoms with Gasteiger partial charge in [0, 0.05) is 7.11 Å². The Morgan fingerprint density at radius 3 is 2.76 bits per heavy atom. The third kappa shape index (κ3) is 4.68. The highest BCUT2D eigenvalue weighted by Gasteiger charge is 2.25. The van der Waals surface area contributed by atoms with E-state index in [0.29, 0.717) is 6.04 Å². The van der Waals surface area contributed by atoms with Gasteiger partial charge < -0.3 is 14.8 Å². The lowest BCUT2D eigenvalue weighted by molar-refractivity contribution is 0.0668. The molecule has 0 fully saturated rings. The fraction of sp³-hybridized carbons (Fsp3) is 0.857. The largest absolute Gasteiger partial charge is 0.501 e. The van der Waals surface area contributed by atoms with Crippen molar-refractivity contribution in [2.45, 2.75) is 58.1 Å². The molecule has 3 heteroatoms. The molecule has 0 saturated carbocycles. The molecular weight excluding hydrogens is 214 g/mol. The van der Waals surface area contributed by atoms with Gasteiger partial charge >= 0.3 is 0 Å². The molecule has 2 unspecified atom stereocenters. The van der Waals surface area contributed by atoms with Crippen LogP contribution in [-0.4, -0.2) is 32.4 Å². The van der Waals surface area contributed by atoms with E-state index in [4.69, 9.17) is 9.47 Å². The summed E-state index contributed by atoms with van der Waals surface area (Å²) in [7, 11) is 1.81. The average molecular weight is 241 g/mol. The molecule has 0 spiro atoms. The molecule has 0 amide bonds. The number of methoxy groups -OCH3 is 1. The molecule has 17 heavy (non-hydrogen) atoms. The minimum absolute atomic E-state index is 0.263. The van der Waals surface area contributed by atoms with Gasteiger partial charge in [0.15, 0.2) is 0 Å². The summed E-state index contributed by atoms with van der Waals surface area (Å²) < 4.78 is 11.1. The normalized spacial score (nSPS) is 19.4. The van der Waals surface area contributed by atoms with E-state index in [9.17, 15) is 0 Å². The van der Waals surface area contributed by atoms with Crippen molar-refractivity contribution in [2.75, 3.05) is 20.3 Å². The van der Waals surface area contributed by atoms with Crippen LogP contribution in [0.4, 0.5) is 0 Å². The molecule has 0 aromatic carbocycles. The highest BCUT2D eigenvalue weighted by molar-refractivity contribution is 5.12. The molecule has 0 radical (unpaired) electrons. The van der Waals surface area contributed by atoms with E-state index in [0.717, 1.165) is 45.3 Å². The molecule has 0 aliphatic carbocycles. The van der Waals surface area contributed by atoms with E-state index < -0.39 is 0 Å². The fourth-order valence-electron chi connectivity index (χ4n) is 2.32. The Kier molecular flexibility index (Phi) is 7.29. The minimum atomic E-state index is 0.263. The van der Waals surface area contributed by atoms with Crippen LogP contribution in [0.25, 0.3) is 0 Å². The SMILES string of the molecule is CCCNC(C1=COCCC1)C(CCC)OC. The summed E-state index contributed by atoms with van der Waals surface area (Å²) in [5.41, 5.74) is 1.37. The van der Waals surface area contributed by atoms with Gasteiger partial charge in [0.1, 0.15) is 0 Å². The first-order chi connectivity index (χ1) is 8.33. The summed E-state index contributed by atoms with van der Waals surface area (Å²) in [4.78, 5) is 0. The van der Waals surface area contributed by atoms with Crippen molar-refractivity contribution in [1.82, 2.24) is 5.32 Å². The first kappa shape index (κ1) is 14.5. The maximum Gasteiger partial charge on any atom is 0.0876 e. The van der Waals surface area contributed by atoms with Crippen molar-refractivity contribution in [3.63, 3.8) is 0 Å². The van der Waals surface area contributed by atoms with E-state index in [1.165, 1.54) is 5.57 Å². The monoisotopic (exact) mass is 241 g/mol. The maximum absolute atomic E-state index is 5.64.